The quantitative estimate of drug-likeness (QED) is 0.539. The van der Waals surface area contributed by atoms with E-state index in [9.17, 15) is 9.59 Å². The first-order chi connectivity index (χ1) is 7.51. The molecule has 0 aliphatic rings. The molecule has 0 saturated carbocycles. The number of rotatable bonds is 7. The molecule has 4 nitrogen and oxygen atoms in total. The number of carboxylic acids is 1. The number of esters is 1. The molecule has 16 heavy (non-hydrogen) atoms. The van der Waals surface area contributed by atoms with Crippen LogP contribution in [0.1, 0.15) is 59.3 Å². The van der Waals surface area contributed by atoms with Crippen molar-refractivity contribution in [2.45, 2.75) is 64.9 Å². The summed E-state index contributed by atoms with van der Waals surface area (Å²) in [4.78, 5) is 21.6. The van der Waals surface area contributed by atoms with E-state index in [1.165, 1.54) is 0 Å². The van der Waals surface area contributed by atoms with E-state index in [1.807, 2.05) is 13.8 Å². The van der Waals surface area contributed by atoms with Gasteiger partial charge in [0, 0.05) is 0 Å². The molecule has 0 radical (unpaired) electrons. The standard InChI is InChI=1S/C12H22O4/c1-4-7-9-12(6-3,8-5-2)16-11(15)10(13)14/h4-9H2,1-3H3,(H,13,14). The van der Waals surface area contributed by atoms with Crippen LogP contribution in [0.3, 0.4) is 0 Å². The van der Waals surface area contributed by atoms with Crippen LogP contribution in [0.15, 0.2) is 0 Å². The minimum absolute atomic E-state index is 0.583. The summed E-state index contributed by atoms with van der Waals surface area (Å²) in [6.07, 6.45) is 4.97. The Morgan fingerprint density at radius 1 is 1.12 bits per heavy atom. The molecule has 0 aromatic carbocycles. The number of carbonyl (C=O) groups is 2. The van der Waals surface area contributed by atoms with Crippen molar-refractivity contribution in [3.63, 3.8) is 0 Å². The maximum Gasteiger partial charge on any atom is 0.417 e. The van der Waals surface area contributed by atoms with Crippen LogP contribution in [-0.4, -0.2) is 22.6 Å². The lowest BCUT2D eigenvalue weighted by atomic mass is 9.89. The van der Waals surface area contributed by atoms with E-state index >= 15 is 0 Å². The van der Waals surface area contributed by atoms with Crippen molar-refractivity contribution >= 4 is 11.9 Å². The molecule has 0 aliphatic heterocycles. The molecule has 0 fully saturated rings. The highest BCUT2D eigenvalue weighted by Gasteiger charge is 2.33. The van der Waals surface area contributed by atoms with Gasteiger partial charge in [0.2, 0.25) is 0 Å². The number of ether oxygens (including phenoxy) is 1. The fourth-order valence-electron chi connectivity index (χ4n) is 1.85. The predicted molar refractivity (Wildman–Crippen MR) is 61.2 cm³/mol. The normalized spacial score (nSPS) is 14.2. The van der Waals surface area contributed by atoms with Crippen molar-refractivity contribution in [1.82, 2.24) is 0 Å². The van der Waals surface area contributed by atoms with E-state index in [1.54, 1.807) is 0 Å². The zero-order valence-electron chi connectivity index (χ0n) is 10.4. The molecule has 0 aromatic heterocycles. The van der Waals surface area contributed by atoms with Crippen LogP contribution in [0.4, 0.5) is 0 Å². The minimum Gasteiger partial charge on any atom is -0.473 e. The molecule has 0 saturated heterocycles. The van der Waals surface area contributed by atoms with Crippen LogP contribution >= 0.6 is 0 Å². The minimum atomic E-state index is -1.51. The highest BCUT2D eigenvalue weighted by Crippen LogP contribution is 2.28. The second-order valence-electron chi connectivity index (χ2n) is 4.08. The maximum absolute atomic E-state index is 11.1. The van der Waals surface area contributed by atoms with Gasteiger partial charge in [-0.05, 0) is 25.7 Å². The van der Waals surface area contributed by atoms with Crippen molar-refractivity contribution in [1.29, 1.82) is 0 Å². The van der Waals surface area contributed by atoms with Crippen molar-refractivity contribution in [3.05, 3.63) is 0 Å². The Balaban J connectivity index is 4.60. The molecular formula is C12H22O4. The Labute approximate surface area is 97.0 Å². The van der Waals surface area contributed by atoms with Gasteiger partial charge in [0.1, 0.15) is 5.60 Å². The topological polar surface area (TPSA) is 63.6 Å². The third-order valence-corrected chi connectivity index (χ3v) is 2.82. The summed E-state index contributed by atoms with van der Waals surface area (Å²) in [5, 5.41) is 8.56. The molecule has 0 aromatic rings. The summed E-state index contributed by atoms with van der Waals surface area (Å²) in [6, 6.07) is 0. The maximum atomic E-state index is 11.1. The van der Waals surface area contributed by atoms with E-state index in [0.717, 1.165) is 32.1 Å². The summed E-state index contributed by atoms with van der Waals surface area (Å²) in [6.45, 7) is 6.00. The SMILES string of the molecule is CCCCC(CC)(CCC)OC(=O)C(=O)O. The molecule has 0 bridgehead atoms. The number of hydrogen-bond donors (Lipinski definition) is 1. The second kappa shape index (κ2) is 7.25. The first-order valence-corrected chi connectivity index (χ1v) is 5.97. The predicted octanol–water partition coefficient (Wildman–Crippen LogP) is 2.75. The third-order valence-electron chi connectivity index (χ3n) is 2.82. The van der Waals surface area contributed by atoms with Gasteiger partial charge < -0.3 is 9.84 Å². The fraction of sp³-hybridized carbons (Fsp3) is 0.833. The average Bonchev–Trinajstić information content (AvgIpc) is 2.26. The molecule has 1 unspecified atom stereocenters. The molecule has 94 valence electrons. The van der Waals surface area contributed by atoms with Crippen molar-refractivity contribution in [2.75, 3.05) is 0 Å². The van der Waals surface area contributed by atoms with Crippen LogP contribution in [0.5, 0.6) is 0 Å². The van der Waals surface area contributed by atoms with E-state index in [-0.39, 0.29) is 0 Å². The van der Waals surface area contributed by atoms with Gasteiger partial charge in [-0.15, -0.1) is 0 Å². The Morgan fingerprint density at radius 2 is 1.75 bits per heavy atom. The Kier molecular flexibility index (Phi) is 6.77. The second-order valence-corrected chi connectivity index (χ2v) is 4.08. The number of carbonyl (C=O) groups excluding carboxylic acids is 1. The zero-order valence-corrected chi connectivity index (χ0v) is 10.4. The van der Waals surface area contributed by atoms with Gasteiger partial charge in [-0.2, -0.15) is 0 Å². The molecule has 0 heterocycles. The van der Waals surface area contributed by atoms with Gasteiger partial charge in [0.25, 0.3) is 0 Å². The molecule has 0 amide bonds. The monoisotopic (exact) mass is 230 g/mol. The van der Waals surface area contributed by atoms with E-state index in [0.29, 0.717) is 6.42 Å². The fourth-order valence-corrected chi connectivity index (χ4v) is 1.85. The third kappa shape index (κ3) is 4.64. The summed E-state index contributed by atoms with van der Waals surface area (Å²) >= 11 is 0. The van der Waals surface area contributed by atoms with Crippen LogP contribution in [0.25, 0.3) is 0 Å². The highest BCUT2D eigenvalue weighted by atomic mass is 16.6. The highest BCUT2D eigenvalue weighted by molar-refractivity contribution is 6.28. The number of unbranched alkanes of at least 4 members (excludes halogenated alkanes) is 1. The van der Waals surface area contributed by atoms with E-state index in [4.69, 9.17) is 9.84 Å². The molecule has 1 N–H and O–H groups in total. The van der Waals surface area contributed by atoms with E-state index < -0.39 is 17.5 Å². The molecule has 1 atom stereocenters. The van der Waals surface area contributed by atoms with Crippen LogP contribution < -0.4 is 0 Å². The summed E-state index contributed by atoms with van der Waals surface area (Å²) in [5.74, 6) is -2.64. The Hall–Kier alpha value is -1.06. The Morgan fingerprint density at radius 3 is 2.12 bits per heavy atom. The van der Waals surface area contributed by atoms with Gasteiger partial charge in [0.15, 0.2) is 0 Å². The van der Waals surface area contributed by atoms with Gasteiger partial charge in [-0.3, -0.25) is 0 Å². The summed E-state index contributed by atoms with van der Waals surface area (Å²) in [7, 11) is 0. The first kappa shape index (κ1) is 14.9. The lowest BCUT2D eigenvalue weighted by Crippen LogP contribution is -2.37. The first-order valence-electron chi connectivity index (χ1n) is 5.97. The number of hydrogen-bond acceptors (Lipinski definition) is 3. The van der Waals surface area contributed by atoms with E-state index in [2.05, 4.69) is 6.92 Å². The van der Waals surface area contributed by atoms with Crippen LogP contribution in [0, 0.1) is 0 Å². The Bertz CT molecular complexity index is 237. The van der Waals surface area contributed by atoms with Gasteiger partial charge in [-0.25, -0.2) is 9.59 Å². The zero-order chi connectivity index (χ0) is 12.6. The van der Waals surface area contributed by atoms with Crippen molar-refractivity contribution in [3.8, 4) is 0 Å². The molecule has 4 heteroatoms. The van der Waals surface area contributed by atoms with Crippen molar-refractivity contribution in [2.24, 2.45) is 0 Å². The molecule has 0 rings (SSSR count). The molecular weight excluding hydrogens is 208 g/mol. The average molecular weight is 230 g/mol. The van der Waals surface area contributed by atoms with Crippen LogP contribution in [0.2, 0.25) is 0 Å². The number of aliphatic carboxylic acids is 1. The lowest BCUT2D eigenvalue weighted by Gasteiger charge is -2.31. The largest absolute Gasteiger partial charge is 0.473 e. The summed E-state index contributed by atoms with van der Waals surface area (Å²) < 4.78 is 5.15. The van der Waals surface area contributed by atoms with Crippen molar-refractivity contribution < 1.29 is 19.4 Å². The molecule has 0 aliphatic carbocycles. The summed E-state index contributed by atoms with van der Waals surface area (Å²) in [5.41, 5.74) is -0.583. The lowest BCUT2D eigenvalue weighted by molar-refractivity contribution is -0.176. The van der Waals surface area contributed by atoms with Gasteiger partial charge in [-0.1, -0.05) is 33.6 Å². The molecule has 0 spiro atoms. The van der Waals surface area contributed by atoms with Gasteiger partial charge in [0.05, 0.1) is 0 Å². The van der Waals surface area contributed by atoms with Crippen LogP contribution in [-0.2, 0) is 14.3 Å². The number of carboxylic acid groups (broad SMARTS) is 1. The smallest absolute Gasteiger partial charge is 0.417 e. The van der Waals surface area contributed by atoms with Gasteiger partial charge >= 0.3 is 11.9 Å².